The van der Waals surface area contributed by atoms with Crippen molar-refractivity contribution in [2.45, 2.75) is 40.0 Å². The highest BCUT2D eigenvalue weighted by Crippen LogP contribution is 2.29. The van der Waals surface area contributed by atoms with Crippen molar-refractivity contribution in [1.82, 2.24) is 0 Å². The lowest BCUT2D eigenvalue weighted by Crippen LogP contribution is -2.19. The molecule has 0 saturated heterocycles. The molecule has 0 N–H and O–H groups in total. The maximum absolute atomic E-state index is 10.8. The standard InChI is InChI=1S/C9H15NO/c1-4-9(5-2,7-10)6-8(3)11/h4-6H2,1-3H3. The van der Waals surface area contributed by atoms with Gasteiger partial charge in [0.15, 0.2) is 0 Å². The first kappa shape index (κ1) is 10.2. The summed E-state index contributed by atoms with van der Waals surface area (Å²) < 4.78 is 0. The molecular weight excluding hydrogens is 138 g/mol. The Bertz CT molecular complexity index is 174. The van der Waals surface area contributed by atoms with Crippen LogP contribution < -0.4 is 0 Å². The largest absolute Gasteiger partial charge is 0.300 e. The zero-order valence-electron chi connectivity index (χ0n) is 7.48. The number of nitriles is 1. The highest BCUT2D eigenvalue weighted by molar-refractivity contribution is 5.76. The molecule has 0 aliphatic heterocycles. The van der Waals surface area contributed by atoms with Crippen LogP contribution in [0.4, 0.5) is 0 Å². The summed E-state index contributed by atoms with van der Waals surface area (Å²) in [6.07, 6.45) is 1.93. The van der Waals surface area contributed by atoms with Gasteiger partial charge in [-0.05, 0) is 19.8 Å². The van der Waals surface area contributed by atoms with Gasteiger partial charge in [0.05, 0.1) is 11.5 Å². The fourth-order valence-electron chi connectivity index (χ4n) is 1.17. The molecule has 0 aliphatic carbocycles. The lowest BCUT2D eigenvalue weighted by molar-refractivity contribution is -0.118. The minimum Gasteiger partial charge on any atom is -0.300 e. The maximum Gasteiger partial charge on any atom is 0.131 e. The summed E-state index contributed by atoms with van der Waals surface area (Å²) in [4.78, 5) is 10.8. The zero-order valence-corrected chi connectivity index (χ0v) is 7.48. The molecule has 11 heavy (non-hydrogen) atoms. The summed E-state index contributed by atoms with van der Waals surface area (Å²) >= 11 is 0. The Morgan fingerprint density at radius 1 is 1.45 bits per heavy atom. The van der Waals surface area contributed by atoms with E-state index in [0.29, 0.717) is 6.42 Å². The molecule has 0 aromatic heterocycles. The van der Waals surface area contributed by atoms with Crippen LogP contribution in [0.2, 0.25) is 0 Å². The van der Waals surface area contributed by atoms with Crippen LogP contribution in [0.1, 0.15) is 40.0 Å². The summed E-state index contributed by atoms with van der Waals surface area (Å²) in [6.45, 7) is 5.45. The first-order chi connectivity index (χ1) is 5.10. The van der Waals surface area contributed by atoms with Crippen molar-refractivity contribution in [3.8, 4) is 6.07 Å². The van der Waals surface area contributed by atoms with Gasteiger partial charge >= 0.3 is 0 Å². The summed E-state index contributed by atoms with van der Waals surface area (Å²) in [7, 11) is 0. The molecule has 0 bridgehead atoms. The molecule has 0 aromatic rings. The smallest absolute Gasteiger partial charge is 0.131 e. The molecule has 2 heteroatoms. The molecule has 0 atom stereocenters. The number of hydrogen-bond acceptors (Lipinski definition) is 2. The average molecular weight is 153 g/mol. The molecular formula is C9H15NO. The molecule has 0 fully saturated rings. The van der Waals surface area contributed by atoms with Crippen molar-refractivity contribution < 1.29 is 4.79 Å². The Labute approximate surface area is 68.2 Å². The molecule has 0 saturated carbocycles. The van der Waals surface area contributed by atoms with Gasteiger partial charge in [0.25, 0.3) is 0 Å². The van der Waals surface area contributed by atoms with Crippen LogP contribution >= 0.6 is 0 Å². The molecule has 2 nitrogen and oxygen atoms in total. The molecule has 0 amide bonds. The molecule has 0 unspecified atom stereocenters. The number of nitrogens with zero attached hydrogens (tertiary/aromatic N) is 1. The number of carbonyl (C=O) groups excluding carboxylic acids is 1. The van der Waals surface area contributed by atoms with E-state index in [1.807, 2.05) is 13.8 Å². The van der Waals surface area contributed by atoms with Crippen molar-refractivity contribution in [1.29, 1.82) is 5.26 Å². The third-order valence-corrected chi connectivity index (χ3v) is 2.18. The zero-order chi connectivity index (χ0) is 8.91. The van der Waals surface area contributed by atoms with Crippen LogP contribution in [-0.2, 0) is 4.79 Å². The van der Waals surface area contributed by atoms with Crippen LogP contribution in [0.5, 0.6) is 0 Å². The number of Topliss-reactive ketones (excluding diaryl/α,β-unsaturated/α-hetero) is 1. The average Bonchev–Trinajstić information content (AvgIpc) is 2.00. The third kappa shape index (κ3) is 2.71. The number of rotatable bonds is 4. The van der Waals surface area contributed by atoms with E-state index in [9.17, 15) is 4.79 Å². The van der Waals surface area contributed by atoms with E-state index in [-0.39, 0.29) is 5.78 Å². The summed E-state index contributed by atoms with van der Waals surface area (Å²) in [5.74, 6) is 0.107. The Balaban J connectivity index is 4.32. The Morgan fingerprint density at radius 2 is 1.91 bits per heavy atom. The molecule has 0 aromatic carbocycles. The minimum atomic E-state index is -0.397. The minimum absolute atomic E-state index is 0.107. The van der Waals surface area contributed by atoms with E-state index in [1.165, 1.54) is 6.92 Å². The second kappa shape index (κ2) is 4.12. The number of carbonyl (C=O) groups is 1. The Morgan fingerprint density at radius 3 is 2.00 bits per heavy atom. The second-order valence-electron chi connectivity index (χ2n) is 2.98. The lowest BCUT2D eigenvalue weighted by atomic mass is 9.80. The first-order valence-electron chi connectivity index (χ1n) is 4.01. The van der Waals surface area contributed by atoms with Crippen LogP contribution in [-0.4, -0.2) is 5.78 Å². The first-order valence-corrected chi connectivity index (χ1v) is 4.01. The topological polar surface area (TPSA) is 40.9 Å². The van der Waals surface area contributed by atoms with E-state index in [1.54, 1.807) is 0 Å². The van der Waals surface area contributed by atoms with Crippen molar-refractivity contribution in [3.63, 3.8) is 0 Å². The van der Waals surface area contributed by atoms with Crippen molar-refractivity contribution in [2.75, 3.05) is 0 Å². The van der Waals surface area contributed by atoms with Gasteiger partial charge in [0.1, 0.15) is 5.78 Å². The number of ketones is 1. The van der Waals surface area contributed by atoms with Gasteiger partial charge in [0, 0.05) is 6.42 Å². The molecule has 0 spiro atoms. The van der Waals surface area contributed by atoms with Gasteiger partial charge in [-0.2, -0.15) is 5.26 Å². The van der Waals surface area contributed by atoms with Crippen LogP contribution in [0.15, 0.2) is 0 Å². The quantitative estimate of drug-likeness (QED) is 0.621. The van der Waals surface area contributed by atoms with E-state index < -0.39 is 5.41 Å². The van der Waals surface area contributed by atoms with E-state index in [0.717, 1.165) is 12.8 Å². The molecule has 0 aliphatic rings. The van der Waals surface area contributed by atoms with Crippen molar-refractivity contribution in [3.05, 3.63) is 0 Å². The lowest BCUT2D eigenvalue weighted by Gasteiger charge is -2.20. The number of hydrogen-bond donors (Lipinski definition) is 0. The van der Waals surface area contributed by atoms with Crippen LogP contribution in [0, 0.1) is 16.7 Å². The third-order valence-electron chi connectivity index (χ3n) is 2.18. The summed E-state index contributed by atoms with van der Waals surface area (Å²) in [6, 6.07) is 2.23. The van der Waals surface area contributed by atoms with E-state index >= 15 is 0 Å². The predicted octanol–water partition coefficient (Wildman–Crippen LogP) is 2.30. The van der Waals surface area contributed by atoms with Gasteiger partial charge < -0.3 is 0 Å². The SMILES string of the molecule is CCC(C#N)(CC)CC(C)=O. The van der Waals surface area contributed by atoms with Gasteiger partial charge in [-0.15, -0.1) is 0 Å². The van der Waals surface area contributed by atoms with E-state index in [2.05, 4.69) is 6.07 Å². The van der Waals surface area contributed by atoms with Crippen molar-refractivity contribution >= 4 is 5.78 Å². The van der Waals surface area contributed by atoms with Gasteiger partial charge in [-0.1, -0.05) is 13.8 Å². The molecule has 0 rings (SSSR count). The van der Waals surface area contributed by atoms with Gasteiger partial charge in [0.2, 0.25) is 0 Å². The van der Waals surface area contributed by atoms with Crippen molar-refractivity contribution in [2.24, 2.45) is 5.41 Å². The highest BCUT2D eigenvalue weighted by Gasteiger charge is 2.26. The second-order valence-corrected chi connectivity index (χ2v) is 2.98. The molecule has 0 heterocycles. The van der Waals surface area contributed by atoms with Gasteiger partial charge in [-0.25, -0.2) is 0 Å². The normalized spacial score (nSPS) is 10.7. The summed E-state index contributed by atoms with van der Waals surface area (Å²) in [5.41, 5.74) is -0.397. The highest BCUT2D eigenvalue weighted by atomic mass is 16.1. The monoisotopic (exact) mass is 153 g/mol. The predicted molar refractivity (Wildman–Crippen MR) is 43.9 cm³/mol. The molecule has 0 radical (unpaired) electrons. The fraction of sp³-hybridized carbons (Fsp3) is 0.778. The maximum atomic E-state index is 10.8. The Kier molecular flexibility index (Phi) is 3.81. The summed E-state index contributed by atoms with van der Waals surface area (Å²) in [5, 5.41) is 8.82. The van der Waals surface area contributed by atoms with Gasteiger partial charge in [-0.3, -0.25) is 4.79 Å². The Hall–Kier alpha value is -0.840. The van der Waals surface area contributed by atoms with E-state index in [4.69, 9.17) is 5.26 Å². The van der Waals surface area contributed by atoms with Crippen LogP contribution in [0.25, 0.3) is 0 Å². The molecule has 62 valence electrons. The van der Waals surface area contributed by atoms with Crippen LogP contribution in [0.3, 0.4) is 0 Å². The fourth-order valence-corrected chi connectivity index (χ4v) is 1.17.